The Hall–Kier alpha value is -1.03. The first-order chi connectivity index (χ1) is 9.70. The number of nitrogens with zero attached hydrogens (tertiary/aromatic N) is 1. The third-order valence-corrected chi connectivity index (χ3v) is 4.61. The van der Waals surface area contributed by atoms with E-state index in [-0.39, 0.29) is 6.04 Å². The van der Waals surface area contributed by atoms with Gasteiger partial charge in [0.15, 0.2) is 0 Å². The smallest absolute Gasteiger partial charge is 0.115 e. The van der Waals surface area contributed by atoms with E-state index in [4.69, 9.17) is 17.3 Å². The van der Waals surface area contributed by atoms with Gasteiger partial charge in [-0.3, -0.25) is 0 Å². The lowest BCUT2D eigenvalue weighted by Gasteiger charge is -2.12. The molecular weight excluding hydrogens is 288 g/mol. The Morgan fingerprint density at radius 3 is 2.65 bits per heavy atom. The Kier molecular flexibility index (Phi) is 5.89. The number of hydrogen-bond acceptors (Lipinski definition) is 3. The molecule has 0 fully saturated rings. The molecule has 0 bridgehead atoms. The summed E-state index contributed by atoms with van der Waals surface area (Å²) in [5.41, 5.74) is 8.75. The lowest BCUT2D eigenvalue weighted by atomic mass is 10.0. The molecule has 4 heteroatoms. The van der Waals surface area contributed by atoms with Crippen LogP contribution in [0.2, 0.25) is 5.02 Å². The van der Waals surface area contributed by atoms with Crippen LogP contribution in [-0.2, 0) is 6.42 Å². The quantitative estimate of drug-likeness (QED) is 0.800. The summed E-state index contributed by atoms with van der Waals surface area (Å²) >= 11 is 7.68. The van der Waals surface area contributed by atoms with Crippen molar-refractivity contribution in [1.82, 2.24) is 4.98 Å². The first kappa shape index (κ1) is 15.4. The molecule has 0 amide bonds. The number of hydrogen-bond donors (Lipinski definition) is 1. The number of rotatable bonds is 6. The summed E-state index contributed by atoms with van der Waals surface area (Å²) in [6.45, 7) is 2.19. The number of aromatic nitrogens is 1. The zero-order valence-electron chi connectivity index (χ0n) is 11.6. The van der Waals surface area contributed by atoms with E-state index in [9.17, 15) is 0 Å². The maximum Gasteiger partial charge on any atom is 0.115 e. The zero-order valence-corrected chi connectivity index (χ0v) is 13.1. The van der Waals surface area contributed by atoms with E-state index in [0.29, 0.717) is 5.02 Å². The van der Waals surface area contributed by atoms with Crippen molar-refractivity contribution in [2.24, 2.45) is 5.73 Å². The van der Waals surface area contributed by atoms with Crippen molar-refractivity contribution in [1.29, 1.82) is 0 Å². The molecule has 0 aliphatic rings. The predicted molar refractivity (Wildman–Crippen MR) is 87.3 cm³/mol. The van der Waals surface area contributed by atoms with Crippen molar-refractivity contribution in [3.05, 3.63) is 58.7 Å². The van der Waals surface area contributed by atoms with Crippen LogP contribution in [0.3, 0.4) is 0 Å². The van der Waals surface area contributed by atoms with Crippen LogP contribution < -0.4 is 5.73 Å². The molecule has 1 heterocycles. The number of aryl methyl sites for hydroxylation is 1. The van der Waals surface area contributed by atoms with Crippen LogP contribution in [0.15, 0.2) is 47.6 Å². The number of thioether (sulfide) groups is 1. The van der Waals surface area contributed by atoms with Gasteiger partial charge in [-0.2, -0.15) is 0 Å². The van der Waals surface area contributed by atoms with E-state index in [1.807, 2.05) is 12.1 Å². The van der Waals surface area contributed by atoms with Crippen LogP contribution in [0.4, 0.5) is 0 Å². The van der Waals surface area contributed by atoms with Crippen LogP contribution in [0.5, 0.6) is 0 Å². The fraction of sp³-hybridized carbons (Fsp3) is 0.312. The molecule has 2 N–H and O–H groups in total. The van der Waals surface area contributed by atoms with E-state index in [1.54, 1.807) is 18.0 Å². The maximum atomic E-state index is 6.23. The zero-order chi connectivity index (χ0) is 14.4. The molecule has 0 aliphatic carbocycles. The molecule has 2 nitrogen and oxygen atoms in total. The van der Waals surface area contributed by atoms with E-state index in [1.165, 1.54) is 12.0 Å². The fourth-order valence-electron chi connectivity index (χ4n) is 1.96. The van der Waals surface area contributed by atoms with Gasteiger partial charge in [0.2, 0.25) is 0 Å². The number of benzene rings is 1. The summed E-state index contributed by atoms with van der Waals surface area (Å²) in [5, 5.41) is 1.52. The van der Waals surface area contributed by atoms with Crippen molar-refractivity contribution >= 4 is 23.4 Å². The molecule has 106 valence electrons. The van der Waals surface area contributed by atoms with Crippen molar-refractivity contribution in [2.45, 2.75) is 30.8 Å². The van der Waals surface area contributed by atoms with Crippen LogP contribution in [0, 0.1) is 0 Å². The van der Waals surface area contributed by atoms with Crippen molar-refractivity contribution in [3.63, 3.8) is 0 Å². The summed E-state index contributed by atoms with van der Waals surface area (Å²) in [6.07, 6.45) is 4.03. The van der Waals surface area contributed by atoms with Crippen LogP contribution in [0.1, 0.15) is 30.5 Å². The van der Waals surface area contributed by atoms with Gasteiger partial charge in [0, 0.05) is 18.0 Å². The maximum absolute atomic E-state index is 6.23. The molecule has 20 heavy (non-hydrogen) atoms. The minimum Gasteiger partial charge on any atom is -0.323 e. The van der Waals surface area contributed by atoms with Crippen LogP contribution in [0.25, 0.3) is 0 Å². The standard InChI is InChI=1S/C16H19ClN2S/c1-2-4-12-6-8-13(9-7-12)15(18)11-20-16-14(17)5-3-10-19-16/h3,5-10,15H,2,4,11,18H2,1H3. The molecule has 1 aromatic carbocycles. The normalized spacial score (nSPS) is 12.3. The molecule has 2 aromatic rings. The highest BCUT2D eigenvalue weighted by Crippen LogP contribution is 2.27. The Morgan fingerprint density at radius 2 is 2.00 bits per heavy atom. The number of halogens is 1. The molecule has 1 aromatic heterocycles. The van der Waals surface area contributed by atoms with E-state index in [2.05, 4.69) is 36.2 Å². The highest BCUT2D eigenvalue weighted by Gasteiger charge is 2.09. The van der Waals surface area contributed by atoms with Crippen molar-refractivity contribution < 1.29 is 0 Å². The van der Waals surface area contributed by atoms with E-state index < -0.39 is 0 Å². The average molecular weight is 307 g/mol. The monoisotopic (exact) mass is 306 g/mol. The minimum atomic E-state index is -0.00579. The van der Waals surface area contributed by atoms with Gasteiger partial charge >= 0.3 is 0 Å². The molecular formula is C16H19ClN2S. The summed E-state index contributed by atoms with van der Waals surface area (Å²) in [6, 6.07) is 12.2. The van der Waals surface area contributed by atoms with Gasteiger partial charge in [0.1, 0.15) is 5.03 Å². The topological polar surface area (TPSA) is 38.9 Å². The second-order valence-electron chi connectivity index (χ2n) is 4.70. The van der Waals surface area contributed by atoms with E-state index in [0.717, 1.165) is 22.8 Å². The highest BCUT2D eigenvalue weighted by molar-refractivity contribution is 7.99. The number of nitrogens with two attached hydrogens (primary N) is 1. The molecule has 0 spiro atoms. The summed E-state index contributed by atoms with van der Waals surface area (Å²) < 4.78 is 0. The van der Waals surface area contributed by atoms with Crippen LogP contribution >= 0.6 is 23.4 Å². The third-order valence-electron chi connectivity index (χ3n) is 3.07. The van der Waals surface area contributed by atoms with Gasteiger partial charge in [-0.25, -0.2) is 4.98 Å². The molecule has 0 saturated heterocycles. The highest BCUT2D eigenvalue weighted by atomic mass is 35.5. The Balaban J connectivity index is 1.94. The fourth-order valence-corrected chi connectivity index (χ4v) is 3.12. The number of pyridine rings is 1. The first-order valence-electron chi connectivity index (χ1n) is 6.78. The summed E-state index contributed by atoms with van der Waals surface area (Å²) in [4.78, 5) is 4.26. The van der Waals surface area contributed by atoms with E-state index >= 15 is 0 Å². The molecule has 2 rings (SSSR count). The van der Waals surface area contributed by atoms with Crippen molar-refractivity contribution in [3.8, 4) is 0 Å². The second kappa shape index (κ2) is 7.67. The summed E-state index contributed by atoms with van der Waals surface area (Å²) in [5.74, 6) is 0.768. The molecule has 0 aliphatic heterocycles. The van der Waals surface area contributed by atoms with Gasteiger partial charge in [0.05, 0.1) is 5.02 Å². The minimum absolute atomic E-state index is 0.00579. The van der Waals surface area contributed by atoms with Gasteiger partial charge in [-0.1, -0.05) is 49.2 Å². The van der Waals surface area contributed by atoms with Gasteiger partial charge < -0.3 is 5.73 Å². The third kappa shape index (κ3) is 4.23. The lowest BCUT2D eigenvalue weighted by molar-refractivity contribution is 0.827. The van der Waals surface area contributed by atoms with Crippen LogP contribution in [-0.4, -0.2) is 10.7 Å². The lowest BCUT2D eigenvalue weighted by Crippen LogP contribution is -2.13. The Bertz CT molecular complexity index is 542. The Labute approximate surface area is 129 Å². The molecule has 1 atom stereocenters. The molecule has 1 unspecified atom stereocenters. The Morgan fingerprint density at radius 1 is 1.25 bits per heavy atom. The van der Waals surface area contributed by atoms with Gasteiger partial charge in [0.25, 0.3) is 0 Å². The predicted octanol–water partition coefficient (Wildman–Crippen LogP) is 4.48. The SMILES string of the molecule is CCCc1ccc(C(N)CSc2ncccc2Cl)cc1. The molecule has 0 radical (unpaired) electrons. The molecule has 0 saturated carbocycles. The van der Waals surface area contributed by atoms with Gasteiger partial charge in [-0.15, -0.1) is 11.8 Å². The first-order valence-corrected chi connectivity index (χ1v) is 8.14. The largest absolute Gasteiger partial charge is 0.323 e. The second-order valence-corrected chi connectivity index (χ2v) is 6.12. The van der Waals surface area contributed by atoms with Crippen molar-refractivity contribution in [2.75, 3.05) is 5.75 Å². The average Bonchev–Trinajstić information content (AvgIpc) is 2.47. The summed E-state index contributed by atoms with van der Waals surface area (Å²) in [7, 11) is 0. The van der Waals surface area contributed by atoms with Gasteiger partial charge in [-0.05, 0) is 29.7 Å².